The third-order valence-corrected chi connectivity index (χ3v) is 4.06. The molecule has 0 spiro atoms. The van der Waals surface area contributed by atoms with Crippen molar-refractivity contribution in [2.24, 2.45) is 0 Å². The van der Waals surface area contributed by atoms with Gasteiger partial charge in [0.2, 0.25) is 0 Å². The van der Waals surface area contributed by atoms with E-state index in [2.05, 4.69) is 20.9 Å². The number of rotatable bonds is 2. The fourth-order valence-electron chi connectivity index (χ4n) is 2.83. The zero-order valence-electron chi connectivity index (χ0n) is 12.3. The van der Waals surface area contributed by atoms with Crippen LogP contribution in [0.2, 0.25) is 0 Å². The van der Waals surface area contributed by atoms with Crippen molar-refractivity contribution in [2.75, 3.05) is 12.3 Å². The van der Waals surface area contributed by atoms with Crippen LogP contribution < -0.4 is 5.73 Å². The van der Waals surface area contributed by atoms with Crippen molar-refractivity contribution in [2.45, 2.75) is 37.7 Å². The van der Waals surface area contributed by atoms with E-state index in [1.54, 1.807) is 11.5 Å². The highest BCUT2D eigenvalue weighted by Crippen LogP contribution is 2.37. The zero-order valence-corrected chi connectivity index (χ0v) is 12.3. The molecule has 3 rings (SSSR count). The Bertz CT molecular complexity index is 766. The second-order valence-electron chi connectivity index (χ2n) is 5.42. The molecule has 1 saturated heterocycles. The average molecular weight is 303 g/mol. The van der Waals surface area contributed by atoms with Crippen LogP contribution in [0.1, 0.15) is 18.8 Å². The number of hydrogen-bond acceptors (Lipinski definition) is 7. The molecule has 1 aliphatic heterocycles. The highest BCUT2D eigenvalue weighted by atomic mass is 16.5. The molecule has 1 aliphatic rings. The molecule has 0 aliphatic carbocycles. The lowest BCUT2D eigenvalue weighted by molar-refractivity contribution is -0.0884. The second kappa shape index (κ2) is 4.91. The highest BCUT2D eigenvalue weighted by molar-refractivity contribution is 5.81. The van der Waals surface area contributed by atoms with Gasteiger partial charge in [-0.1, -0.05) is 5.92 Å². The first kappa shape index (κ1) is 14.7. The third kappa shape index (κ3) is 1.87. The largest absolute Gasteiger partial charge is 0.389 e. The van der Waals surface area contributed by atoms with Crippen LogP contribution in [0.4, 0.5) is 5.82 Å². The minimum absolute atomic E-state index is 0.130. The van der Waals surface area contributed by atoms with Crippen molar-refractivity contribution in [1.29, 1.82) is 0 Å². The number of terminal acetylenes is 1. The number of hydrogen-bond donors (Lipinski definition) is 3. The molecule has 116 valence electrons. The van der Waals surface area contributed by atoms with Crippen molar-refractivity contribution in [3.8, 4) is 12.3 Å². The van der Waals surface area contributed by atoms with E-state index in [0.29, 0.717) is 17.0 Å². The minimum Gasteiger partial charge on any atom is -0.389 e. The van der Waals surface area contributed by atoms with Crippen LogP contribution >= 0.6 is 0 Å². The van der Waals surface area contributed by atoms with Crippen molar-refractivity contribution >= 4 is 17.0 Å². The predicted octanol–water partition coefficient (Wildman–Crippen LogP) is -0.598. The maximum Gasteiger partial charge on any atom is 0.181 e. The first-order valence-electron chi connectivity index (χ1n) is 6.85. The molecule has 2 unspecified atom stereocenters. The van der Waals surface area contributed by atoms with Gasteiger partial charge in [0.05, 0.1) is 25.1 Å². The van der Waals surface area contributed by atoms with Crippen molar-refractivity contribution in [3.63, 3.8) is 0 Å². The smallest absolute Gasteiger partial charge is 0.181 e. The Labute approximate surface area is 127 Å². The maximum absolute atomic E-state index is 10.6. The molecule has 0 aromatic carbocycles. The summed E-state index contributed by atoms with van der Waals surface area (Å²) in [5.74, 6) is 3.15. The van der Waals surface area contributed by atoms with E-state index in [1.165, 1.54) is 13.3 Å². The summed E-state index contributed by atoms with van der Waals surface area (Å²) < 4.78 is 7.21. The van der Waals surface area contributed by atoms with Crippen LogP contribution in [0.3, 0.4) is 0 Å². The Morgan fingerprint density at radius 2 is 2.32 bits per heavy atom. The quantitative estimate of drug-likeness (QED) is 0.634. The Morgan fingerprint density at radius 1 is 1.59 bits per heavy atom. The first-order valence-corrected chi connectivity index (χ1v) is 6.85. The molecule has 0 amide bonds. The standard InChI is InChI=1S/C14H17N5O3/c1-4-14(7(2)20)11(21)9(5-22-14)19-6-16-10-12(15)17-8(3)18-13(10)19/h1,6-7,9,11,20-21H,5H2,2-3H3,(H2,15,17,18)/t7?,9?,11-,14+/m0/s1. The van der Waals surface area contributed by atoms with Crippen molar-refractivity contribution in [1.82, 2.24) is 19.5 Å². The molecule has 0 radical (unpaired) electrons. The first-order chi connectivity index (χ1) is 10.4. The van der Waals surface area contributed by atoms with Gasteiger partial charge in [0.1, 0.15) is 17.4 Å². The number of nitrogens with two attached hydrogens (primary N) is 1. The second-order valence-corrected chi connectivity index (χ2v) is 5.42. The lowest BCUT2D eigenvalue weighted by Crippen LogP contribution is -2.49. The summed E-state index contributed by atoms with van der Waals surface area (Å²) in [5, 5.41) is 20.5. The third-order valence-electron chi connectivity index (χ3n) is 4.06. The van der Waals surface area contributed by atoms with E-state index in [4.69, 9.17) is 16.9 Å². The fraction of sp³-hybridized carbons (Fsp3) is 0.500. The maximum atomic E-state index is 10.6. The lowest BCUT2D eigenvalue weighted by Gasteiger charge is -2.30. The summed E-state index contributed by atoms with van der Waals surface area (Å²) in [7, 11) is 0. The fourth-order valence-corrected chi connectivity index (χ4v) is 2.83. The summed E-state index contributed by atoms with van der Waals surface area (Å²) in [6.45, 7) is 3.34. The van der Waals surface area contributed by atoms with E-state index < -0.39 is 23.9 Å². The van der Waals surface area contributed by atoms with E-state index in [1.807, 2.05) is 0 Å². The molecule has 22 heavy (non-hydrogen) atoms. The molecule has 1 fully saturated rings. The van der Waals surface area contributed by atoms with Gasteiger partial charge in [-0.2, -0.15) is 0 Å². The van der Waals surface area contributed by atoms with Gasteiger partial charge in [-0.15, -0.1) is 6.42 Å². The number of fused-ring (bicyclic) bond motifs is 1. The molecule has 2 aromatic heterocycles. The molecule has 0 bridgehead atoms. The molecule has 0 saturated carbocycles. The Morgan fingerprint density at radius 3 is 2.91 bits per heavy atom. The number of ether oxygens (including phenoxy) is 1. The summed E-state index contributed by atoms with van der Waals surface area (Å²) in [4.78, 5) is 12.6. The molecule has 2 aromatic rings. The highest BCUT2D eigenvalue weighted by Gasteiger charge is 2.52. The van der Waals surface area contributed by atoms with Crippen LogP contribution in [-0.2, 0) is 4.74 Å². The van der Waals surface area contributed by atoms with Crippen molar-refractivity contribution in [3.05, 3.63) is 12.2 Å². The number of anilines is 1. The lowest BCUT2D eigenvalue weighted by atomic mass is 9.90. The molecule has 4 N–H and O–H groups in total. The SMILES string of the molecule is C#C[C@]1(C(C)O)OCC(n2cnc3c(N)nc(C)nc32)[C@@H]1O. The van der Waals surface area contributed by atoms with Crippen LogP contribution in [0, 0.1) is 19.3 Å². The number of nitrogens with zero attached hydrogens (tertiary/aromatic N) is 4. The van der Waals surface area contributed by atoms with Crippen molar-refractivity contribution < 1.29 is 14.9 Å². The van der Waals surface area contributed by atoms with Gasteiger partial charge in [0.15, 0.2) is 17.1 Å². The van der Waals surface area contributed by atoms with Gasteiger partial charge >= 0.3 is 0 Å². The Balaban J connectivity index is 2.09. The molecule has 8 nitrogen and oxygen atoms in total. The topological polar surface area (TPSA) is 119 Å². The van der Waals surface area contributed by atoms with Gasteiger partial charge in [-0.3, -0.25) is 0 Å². The van der Waals surface area contributed by atoms with Gasteiger partial charge in [-0.25, -0.2) is 15.0 Å². The molecular formula is C14H17N5O3. The molecule has 3 heterocycles. The van der Waals surface area contributed by atoms with E-state index >= 15 is 0 Å². The van der Waals surface area contributed by atoms with Gasteiger partial charge < -0.3 is 25.3 Å². The predicted molar refractivity (Wildman–Crippen MR) is 78.7 cm³/mol. The van der Waals surface area contributed by atoms with E-state index in [9.17, 15) is 10.2 Å². The number of aryl methyl sites for hydroxylation is 1. The van der Waals surface area contributed by atoms with E-state index in [0.717, 1.165) is 0 Å². The number of aliphatic hydroxyl groups excluding tert-OH is 2. The van der Waals surface area contributed by atoms with Crippen LogP contribution in [-0.4, -0.2) is 54.1 Å². The van der Waals surface area contributed by atoms with Gasteiger partial charge in [0, 0.05) is 0 Å². The normalized spacial score (nSPS) is 29.6. The Hall–Kier alpha value is -2.21. The summed E-state index contributed by atoms with van der Waals surface area (Å²) in [5.41, 5.74) is 5.34. The molecule has 8 heteroatoms. The number of aromatic nitrogens is 4. The molecular weight excluding hydrogens is 286 g/mol. The molecule has 4 atom stereocenters. The van der Waals surface area contributed by atoms with Gasteiger partial charge in [0.25, 0.3) is 0 Å². The zero-order chi connectivity index (χ0) is 16.1. The van der Waals surface area contributed by atoms with Crippen LogP contribution in [0.15, 0.2) is 6.33 Å². The number of aliphatic hydroxyl groups is 2. The summed E-state index contributed by atoms with van der Waals surface area (Å²) >= 11 is 0. The summed E-state index contributed by atoms with van der Waals surface area (Å²) in [6.07, 6.45) is 4.86. The summed E-state index contributed by atoms with van der Waals surface area (Å²) in [6, 6.07) is -0.524. The Kier molecular flexibility index (Phi) is 3.29. The van der Waals surface area contributed by atoms with E-state index in [-0.39, 0.29) is 12.4 Å². The van der Waals surface area contributed by atoms with Crippen LogP contribution in [0.25, 0.3) is 11.2 Å². The number of nitrogen functional groups attached to an aromatic ring is 1. The monoisotopic (exact) mass is 303 g/mol. The minimum atomic E-state index is -1.45. The average Bonchev–Trinajstić information content (AvgIpc) is 3.00. The van der Waals surface area contributed by atoms with Crippen LogP contribution in [0.5, 0.6) is 0 Å². The van der Waals surface area contributed by atoms with Gasteiger partial charge in [-0.05, 0) is 13.8 Å². The number of imidazole rings is 1.